The highest BCUT2D eigenvalue weighted by molar-refractivity contribution is 7.09. The van der Waals surface area contributed by atoms with Crippen molar-refractivity contribution >= 4 is 22.9 Å². The summed E-state index contributed by atoms with van der Waals surface area (Å²) < 4.78 is 0. The van der Waals surface area contributed by atoms with Crippen molar-refractivity contribution in [1.82, 2.24) is 5.32 Å². The molecule has 0 aliphatic rings. The van der Waals surface area contributed by atoms with E-state index in [0.29, 0.717) is 12.0 Å². The van der Waals surface area contributed by atoms with Gasteiger partial charge in [-0.2, -0.15) is 0 Å². The SMILES string of the molecule is CC(C)C(CCCl)NCCc1cccs1. The average molecular weight is 246 g/mol. The Morgan fingerprint density at radius 3 is 2.80 bits per heavy atom. The maximum absolute atomic E-state index is 5.78. The molecule has 1 rings (SSSR count). The molecule has 1 nitrogen and oxygen atoms in total. The number of hydrogen-bond acceptors (Lipinski definition) is 2. The third kappa shape index (κ3) is 5.01. The van der Waals surface area contributed by atoms with Crippen LogP contribution < -0.4 is 5.32 Å². The molecule has 0 spiro atoms. The minimum atomic E-state index is 0.558. The van der Waals surface area contributed by atoms with Gasteiger partial charge in [0, 0.05) is 23.3 Å². The third-order valence-electron chi connectivity index (χ3n) is 2.58. The molecule has 15 heavy (non-hydrogen) atoms. The quantitative estimate of drug-likeness (QED) is 0.725. The maximum atomic E-state index is 5.78. The van der Waals surface area contributed by atoms with Gasteiger partial charge in [0.05, 0.1) is 0 Å². The smallest absolute Gasteiger partial charge is 0.0238 e. The number of hydrogen-bond donors (Lipinski definition) is 1. The van der Waals surface area contributed by atoms with E-state index in [1.165, 1.54) is 4.88 Å². The van der Waals surface area contributed by atoms with Crippen LogP contribution in [0.15, 0.2) is 17.5 Å². The molecule has 1 atom stereocenters. The van der Waals surface area contributed by atoms with Crippen molar-refractivity contribution in [3.05, 3.63) is 22.4 Å². The number of alkyl halides is 1. The molecule has 1 unspecified atom stereocenters. The molecule has 86 valence electrons. The van der Waals surface area contributed by atoms with Crippen LogP contribution in [0.25, 0.3) is 0 Å². The average Bonchev–Trinajstić information content (AvgIpc) is 2.69. The standard InChI is InChI=1S/C12H20ClNS/c1-10(2)12(5-7-13)14-8-6-11-4-3-9-15-11/h3-4,9-10,12,14H,5-8H2,1-2H3. The topological polar surface area (TPSA) is 12.0 Å². The van der Waals surface area contributed by atoms with E-state index in [9.17, 15) is 0 Å². The monoisotopic (exact) mass is 245 g/mol. The summed E-state index contributed by atoms with van der Waals surface area (Å²) in [6, 6.07) is 4.86. The van der Waals surface area contributed by atoms with Crippen molar-refractivity contribution < 1.29 is 0 Å². The Morgan fingerprint density at radius 2 is 2.27 bits per heavy atom. The van der Waals surface area contributed by atoms with Crippen molar-refractivity contribution in [2.45, 2.75) is 32.7 Å². The lowest BCUT2D eigenvalue weighted by Gasteiger charge is -2.21. The van der Waals surface area contributed by atoms with Crippen LogP contribution in [0, 0.1) is 5.92 Å². The molecular weight excluding hydrogens is 226 g/mol. The van der Waals surface area contributed by atoms with Crippen molar-refractivity contribution in [3.8, 4) is 0 Å². The highest BCUT2D eigenvalue weighted by Gasteiger charge is 2.11. The molecule has 0 amide bonds. The van der Waals surface area contributed by atoms with E-state index in [-0.39, 0.29) is 0 Å². The first-order valence-electron chi connectivity index (χ1n) is 5.55. The summed E-state index contributed by atoms with van der Waals surface area (Å²) in [7, 11) is 0. The number of thiophene rings is 1. The predicted octanol–water partition coefficient (Wildman–Crippen LogP) is 3.53. The summed E-state index contributed by atoms with van der Waals surface area (Å²) in [5.41, 5.74) is 0. The Morgan fingerprint density at radius 1 is 1.47 bits per heavy atom. The van der Waals surface area contributed by atoms with Crippen molar-refractivity contribution in [2.24, 2.45) is 5.92 Å². The van der Waals surface area contributed by atoms with Gasteiger partial charge in [-0.15, -0.1) is 22.9 Å². The fraction of sp³-hybridized carbons (Fsp3) is 0.667. The predicted molar refractivity (Wildman–Crippen MR) is 70.0 cm³/mol. The second-order valence-electron chi connectivity index (χ2n) is 4.11. The van der Waals surface area contributed by atoms with Gasteiger partial charge in [-0.25, -0.2) is 0 Å². The first-order valence-corrected chi connectivity index (χ1v) is 6.97. The molecule has 1 aromatic rings. The van der Waals surface area contributed by atoms with Gasteiger partial charge in [0.15, 0.2) is 0 Å². The molecule has 0 fully saturated rings. The van der Waals surface area contributed by atoms with Crippen molar-refractivity contribution in [2.75, 3.05) is 12.4 Å². The molecule has 0 aliphatic carbocycles. The molecule has 0 bridgehead atoms. The summed E-state index contributed by atoms with van der Waals surface area (Å²) in [6.07, 6.45) is 2.19. The van der Waals surface area contributed by atoms with E-state index in [0.717, 1.165) is 25.3 Å². The molecule has 0 radical (unpaired) electrons. The summed E-state index contributed by atoms with van der Waals surface area (Å²) in [6.45, 7) is 5.55. The van der Waals surface area contributed by atoms with Gasteiger partial charge >= 0.3 is 0 Å². The van der Waals surface area contributed by atoms with E-state index < -0.39 is 0 Å². The second-order valence-corrected chi connectivity index (χ2v) is 5.52. The highest BCUT2D eigenvalue weighted by Crippen LogP contribution is 2.10. The Kier molecular flexibility index (Phi) is 6.30. The first kappa shape index (κ1) is 13.0. The summed E-state index contributed by atoms with van der Waals surface area (Å²) in [5, 5.41) is 5.71. The third-order valence-corrected chi connectivity index (χ3v) is 3.74. The zero-order chi connectivity index (χ0) is 11.1. The molecule has 1 heterocycles. The van der Waals surface area contributed by atoms with E-state index in [1.54, 1.807) is 0 Å². The van der Waals surface area contributed by atoms with E-state index in [2.05, 4.69) is 36.7 Å². The second kappa shape index (κ2) is 7.26. The number of rotatable bonds is 7. The molecule has 1 N–H and O–H groups in total. The molecule has 0 aliphatic heterocycles. The van der Waals surface area contributed by atoms with E-state index in [1.807, 2.05) is 11.3 Å². The van der Waals surface area contributed by atoms with Crippen LogP contribution in [-0.4, -0.2) is 18.5 Å². The minimum absolute atomic E-state index is 0.558. The molecule has 0 aromatic carbocycles. The molecule has 0 saturated heterocycles. The van der Waals surface area contributed by atoms with Gasteiger partial charge in [-0.05, 0) is 30.2 Å². The number of halogens is 1. The zero-order valence-electron chi connectivity index (χ0n) is 9.50. The Bertz CT molecular complexity index is 246. The summed E-state index contributed by atoms with van der Waals surface area (Å²) >= 11 is 7.61. The Hall–Kier alpha value is -0.0500. The maximum Gasteiger partial charge on any atom is 0.0238 e. The van der Waals surface area contributed by atoms with Gasteiger partial charge in [0.1, 0.15) is 0 Å². The lowest BCUT2D eigenvalue weighted by Crippen LogP contribution is -2.35. The van der Waals surface area contributed by atoms with Crippen LogP contribution in [0.5, 0.6) is 0 Å². The van der Waals surface area contributed by atoms with Crippen LogP contribution in [0.4, 0.5) is 0 Å². The molecule has 0 saturated carbocycles. The summed E-state index contributed by atoms with van der Waals surface area (Å²) in [5.74, 6) is 1.40. The van der Waals surface area contributed by atoms with Gasteiger partial charge in [-0.3, -0.25) is 0 Å². The van der Waals surface area contributed by atoms with E-state index >= 15 is 0 Å². The molecule has 1 aromatic heterocycles. The van der Waals surface area contributed by atoms with Crippen LogP contribution in [0.3, 0.4) is 0 Å². The van der Waals surface area contributed by atoms with Crippen LogP contribution in [0.1, 0.15) is 25.1 Å². The normalized spacial score (nSPS) is 13.3. The summed E-state index contributed by atoms with van der Waals surface area (Å²) in [4.78, 5) is 1.45. The minimum Gasteiger partial charge on any atom is -0.313 e. The van der Waals surface area contributed by atoms with Crippen LogP contribution in [0.2, 0.25) is 0 Å². The number of nitrogens with one attached hydrogen (secondary N) is 1. The fourth-order valence-corrected chi connectivity index (χ4v) is 2.57. The van der Waals surface area contributed by atoms with Crippen molar-refractivity contribution in [3.63, 3.8) is 0 Å². The van der Waals surface area contributed by atoms with Crippen molar-refractivity contribution in [1.29, 1.82) is 0 Å². The van der Waals surface area contributed by atoms with Gasteiger partial charge in [0.25, 0.3) is 0 Å². The Balaban J connectivity index is 2.22. The van der Waals surface area contributed by atoms with Gasteiger partial charge < -0.3 is 5.32 Å². The van der Waals surface area contributed by atoms with Crippen LogP contribution >= 0.6 is 22.9 Å². The fourth-order valence-electron chi connectivity index (χ4n) is 1.62. The largest absolute Gasteiger partial charge is 0.313 e. The first-order chi connectivity index (χ1) is 7.24. The molecular formula is C12H20ClNS. The lowest BCUT2D eigenvalue weighted by molar-refractivity contribution is 0.393. The van der Waals surface area contributed by atoms with Gasteiger partial charge in [-0.1, -0.05) is 19.9 Å². The molecule has 3 heteroatoms. The zero-order valence-corrected chi connectivity index (χ0v) is 11.1. The lowest BCUT2D eigenvalue weighted by atomic mass is 10.0. The van der Waals surface area contributed by atoms with Gasteiger partial charge in [0.2, 0.25) is 0 Å². The van der Waals surface area contributed by atoms with Crippen LogP contribution in [-0.2, 0) is 6.42 Å². The Labute approximate surface area is 102 Å². The highest BCUT2D eigenvalue weighted by atomic mass is 35.5. The van der Waals surface area contributed by atoms with E-state index in [4.69, 9.17) is 11.6 Å².